The number of aromatic amines is 1. The number of carbonyl (C=O) groups is 1. The molecule has 0 radical (unpaired) electrons. The van der Waals surface area contributed by atoms with E-state index in [0.29, 0.717) is 23.3 Å². The number of aromatic nitrogens is 2. The highest BCUT2D eigenvalue weighted by Crippen LogP contribution is 2.35. The summed E-state index contributed by atoms with van der Waals surface area (Å²) >= 11 is 0. The number of nitrogens with zero attached hydrogens (tertiary/aromatic N) is 1. The molecule has 5 heteroatoms. The topological polar surface area (TPSA) is 80.9 Å². The maximum absolute atomic E-state index is 12.7. The van der Waals surface area contributed by atoms with Crippen LogP contribution in [0.1, 0.15) is 48.3 Å². The van der Waals surface area contributed by atoms with Crippen molar-refractivity contribution in [3.8, 4) is 11.1 Å². The number of nitrogen functional groups attached to an aromatic ring is 1. The van der Waals surface area contributed by atoms with Crippen molar-refractivity contribution in [3.05, 3.63) is 51.6 Å². The van der Waals surface area contributed by atoms with Crippen molar-refractivity contribution in [2.45, 2.75) is 40.0 Å². The van der Waals surface area contributed by atoms with Crippen LogP contribution in [0.3, 0.4) is 0 Å². The van der Waals surface area contributed by atoms with Gasteiger partial charge in [0.1, 0.15) is 5.52 Å². The summed E-state index contributed by atoms with van der Waals surface area (Å²) in [5.74, 6) is 0.0296. The molecular weight excluding hydrogens is 326 g/mol. The lowest BCUT2D eigenvalue weighted by molar-refractivity contribution is 0.0983. The predicted molar refractivity (Wildman–Crippen MR) is 107 cm³/mol. The standard InChI is InChI=1S/C21H25N3O2/c1-5-7-14-18-16(15-10-13(22)9-8-12(15)3)11-24(4)21(26)20(18)23-19(14)17(25)6-2/h8-11,23H,5-7,22H2,1-4H3. The predicted octanol–water partition coefficient (Wildman–Crippen LogP) is 3.97. The molecule has 3 aromatic rings. The Morgan fingerprint density at radius 1 is 1.23 bits per heavy atom. The minimum Gasteiger partial charge on any atom is -0.399 e. The van der Waals surface area contributed by atoms with E-state index in [-0.39, 0.29) is 11.3 Å². The number of hydrogen-bond acceptors (Lipinski definition) is 3. The third-order valence-corrected chi connectivity index (χ3v) is 4.88. The first-order valence-corrected chi connectivity index (χ1v) is 9.02. The molecule has 2 heterocycles. The average molecular weight is 351 g/mol. The number of fused-ring (bicyclic) bond motifs is 1. The lowest BCUT2D eigenvalue weighted by Crippen LogP contribution is -2.17. The molecule has 0 saturated heterocycles. The molecular formula is C21H25N3O2. The number of nitrogens with two attached hydrogens (primary N) is 1. The molecule has 1 aromatic carbocycles. The molecule has 0 aliphatic rings. The van der Waals surface area contributed by atoms with Gasteiger partial charge in [0.05, 0.1) is 5.69 Å². The van der Waals surface area contributed by atoms with E-state index in [9.17, 15) is 9.59 Å². The van der Waals surface area contributed by atoms with E-state index in [0.717, 1.165) is 40.5 Å². The summed E-state index contributed by atoms with van der Waals surface area (Å²) in [6.07, 6.45) is 3.88. The third kappa shape index (κ3) is 2.83. The Labute approximate surface area is 152 Å². The summed E-state index contributed by atoms with van der Waals surface area (Å²) in [4.78, 5) is 28.4. The molecule has 26 heavy (non-hydrogen) atoms. The van der Waals surface area contributed by atoms with E-state index < -0.39 is 0 Å². The zero-order valence-corrected chi connectivity index (χ0v) is 15.8. The molecule has 0 fully saturated rings. The van der Waals surface area contributed by atoms with Gasteiger partial charge in [0.2, 0.25) is 0 Å². The molecule has 0 saturated carbocycles. The summed E-state index contributed by atoms with van der Waals surface area (Å²) in [7, 11) is 1.73. The van der Waals surface area contributed by atoms with Crippen LogP contribution in [-0.4, -0.2) is 15.3 Å². The quantitative estimate of drug-likeness (QED) is 0.539. The molecule has 0 bridgehead atoms. The fraction of sp³-hybridized carbons (Fsp3) is 0.333. The van der Waals surface area contributed by atoms with Gasteiger partial charge in [-0.25, -0.2) is 0 Å². The van der Waals surface area contributed by atoms with Crippen molar-refractivity contribution in [2.24, 2.45) is 7.05 Å². The highest BCUT2D eigenvalue weighted by molar-refractivity contribution is 6.06. The second-order valence-corrected chi connectivity index (χ2v) is 6.79. The number of anilines is 1. The van der Waals surface area contributed by atoms with Gasteiger partial charge in [0.25, 0.3) is 5.56 Å². The highest BCUT2D eigenvalue weighted by Gasteiger charge is 2.22. The van der Waals surface area contributed by atoms with E-state index in [1.807, 2.05) is 38.2 Å². The van der Waals surface area contributed by atoms with Crippen LogP contribution in [0.5, 0.6) is 0 Å². The number of hydrogen-bond donors (Lipinski definition) is 2. The van der Waals surface area contributed by atoms with Crippen LogP contribution in [0.4, 0.5) is 5.69 Å². The van der Waals surface area contributed by atoms with Gasteiger partial charge in [-0.1, -0.05) is 26.3 Å². The van der Waals surface area contributed by atoms with Gasteiger partial charge >= 0.3 is 0 Å². The van der Waals surface area contributed by atoms with Crippen LogP contribution in [-0.2, 0) is 13.5 Å². The van der Waals surface area contributed by atoms with Gasteiger partial charge in [-0.05, 0) is 42.2 Å². The van der Waals surface area contributed by atoms with Crippen LogP contribution >= 0.6 is 0 Å². The van der Waals surface area contributed by atoms with Crippen molar-refractivity contribution in [2.75, 3.05) is 5.73 Å². The lowest BCUT2D eigenvalue weighted by atomic mass is 9.94. The second kappa shape index (κ2) is 6.83. The smallest absolute Gasteiger partial charge is 0.274 e. The van der Waals surface area contributed by atoms with Gasteiger partial charge in [0.15, 0.2) is 5.78 Å². The SMILES string of the molecule is CCCc1c(C(=O)CC)[nH]c2c(=O)n(C)cc(-c3cc(N)ccc3C)c12. The van der Waals surface area contributed by atoms with Gasteiger partial charge in [0, 0.05) is 36.3 Å². The van der Waals surface area contributed by atoms with E-state index in [1.54, 1.807) is 11.6 Å². The number of aryl methyl sites for hydroxylation is 3. The van der Waals surface area contributed by atoms with E-state index in [1.165, 1.54) is 0 Å². The molecule has 0 aliphatic heterocycles. The number of rotatable bonds is 5. The molecule has 0 amide bonds. The average Bonchev–Trinajstić information content (AvgIpc) is 3.00. The molecule has 0 aliphatic carbocycles. The fourth-order valence-electron chi connectivity index (χ4n) is 3.54. The Balaban J connectivity index is 2.49. The van der Waals surface area contributed by atoms with Crippen LogP contribution < -0.4 is 11.3 Å². The van der Waals surface area contributed by atoms with Crippen LogP contribution in [0.25, 0.3) is 22.0 Å². The van der Waals surface area contributed by atoms with Crippen molar-refractivity contribution in [1.29, 1.82) is 0 Å². The Bertz CT molecular complexity index is 1060. The minimum atomic E-state index is -0.127. The van der Waals surface area contributed by atoms with E-state index in [4.69, 9.17) is 5.73 Å². The Morgan fingerprint density at radius 3 is 2.62 bits per heavy atom. The van der Waals surface area contributed by atoms with E-state index in [2.05, 4.69) is 11.9 Å². The van der Waals surface area contributed by atoms with Crippen molar-refractivity contribution in [1.82, 2.24) is 9.55 Å². The Hall–Kier alpha value is -2.82. The molecule has 0 atom stereocenters. The lowest BCUT2D eigenvalue weighted by Gasteiger charge is -2.12. The molecule has 5 nitrogen and oxygen atoms in total. The first kappa shape index (κ1) is 18.0. The van der Waals surface area contributed by atoms with E-state index >= 15 is 0 Å². The number of Topliss-reactive ketones (excluding diaryl/α,β-unsaturated/α-hetero) is 1. The largest absolute Gasteiger partial charge is 0.399 e. The number of nitrogens with one attached hydrogen (secondary N) is 1. The molecule has 3 N–H and O–H groups in total. The zero-order valence-electron chi connectivity index (χ0n) is 15.8. The molecule has 3 rings (SSSR count). The summed E-state index contributed by atoms with van der Waals surface area (Å²) in [5, 5.41) is 0.848. The summed E-state index contributed by atoms with van der Waals surface area (Å²) in [6.45, 7) is 5.94. The Kier molecular flexibility index (Phi) is 4.72. The maximum atomic E-state index is 12.7. The summed E-state index contributed by atoms with van der Waals surface area (Å²) in [6, 6.07) is 5.78. The summed E-state index contributed by atoms with van der Waals surface area (Å²) in [5.41, 5.74) is 11.5. The van der Waals surface area contributed by atoms with Gasteiger partial charge in [-0.3, -0.25) is 9.59 Å². The normalized spacial score (nSPS) is 11.2. The molecule has 2 aromatic heterocycles. The van der Waals surface area contributed by atoms with Crippen molar-refractivity contribution >= 4 is 22.4 Å². The number of pyridine rings is 1. The van der Waals surface area contributed by atoms with Gasteiger partial charge < -0.3 is 15.3 Å². The fourth-order valence-corrected chi connectivity index (χ4v) is 3.54. The van der Waals surface area contributed by atoms with Crippen LogP contribution in [0.15, 0.2) is 29.2 Å². The number of carbonyl (C=O) groups excluding carboxylic acids is 1. The van der Waals surface area contributed by atoms with Crippen molar-refractivity contribution < 1.29 is 4.79 Å². The number of benzene rings is 1. The number of ketones is 1. The zero-order chi connectivity index (χ0) is 19.0. The van der Waals surface area contributed by atoms with Crippen LogP contribution in [0.2, 0.25) is 0 Å². The monoisotopic (exact) mass is 351 g/mol. The summed E-state index contributed by atoms with van der Waals surface area (Å²) < 4.78 is 1.56. The molecule has 0 unspecified atom stereocenters. The molecule has 136 valence electrons. The van der Waals surface area contributed by atoms with Crippen molar-refractivity contribution in [3.63, 3.8) is 0 Å². The Morgan fingerprint density at radius 2 is 1.96 bits per heavy atom. The maximum Gasteiger partial charge on any atom is 0.274 e. The van der Waals surface area contributed by atoms with Gasteiger partial charge in [-0.15, -0.1) is 0 Å². The number of H-pyrrole nitrogens is 1. The minimum absolute atomic E-state index is 0.0296. The second-order valence-electron chi connectivity index (χ2n) is 6.79. The first-order valence-electron chi connectivity index (χ1n) is 9.02. The molecule has 0 spiro atoms. The first-order chi connectivity index (χ1) is 12.4. The van der Waals surface area contributed by atoms with Gasteiger partial charge in [-0.2, -0.15) is 0 Å². The highest BCUT2D eigenvalue weighted by atomic mass is 16.1. The third-order valence-electron chi connectivity index (χ3n) is 4.88. The van der Waals surface area contributed by atoms with Crippen LogP contribution in [0, 0.1) is 6.92 Å².